The van der Waals surface area contributed by atoms with Crippen molar-refractivity contribution in [1.82, 2.24) is 14.7 Å². The average Bonchev–Trinajstić information content (AvgIpc) is 2.84. The van der Waals surface area contributed by atoms with Crippen LogP contribution in [0.3, 0.4) is 0 Å². The first kappa shape index (κ1) is 16.7. The Morgan fingerprint density at radius 3 is 2.71 bits per heavy atom. The van der Waals surface area contributed by atoms with E-state index in [4.69, 9.17) is 0 Å². The molecule has 1 aromatic carbocycles. The summed E-state index contributed by atoms with van der Waals surface area (Å²) in [7, 11) is 1.60. The second-order valence-electron chi connectivity index (χ2n) is 6.70. The molecule has 1 aromatic heterocycles. The molecule has 1 amide bonds. The molecule has 1 saturated heterocycles. The monoisotopic (exact) mass is 327 g/mol. The van der Waals surface area contributed by atoms with Crippen LogP contribution in [0.25, 0.3) is 10.8 Å². The van der Waals surface area contributed by atoms with Crippen molar-refractivity contribution in [2.24, 2.45) is 13.0 Å². The molecule has 0 bridgehead atoms. The number of amides is 1. The van der Waals surface area contributed by atoms with E-state index < -0.39 is 0 Å². The predicted molar refractivity (Wildman–Crippen MR) is 95.1 cm³/mol. The van der Waals surface area contributed by atoms with E-state index in [2.05, 4.69) is 12.0 Å². The van der Waals surface area contributed by atoms with Gasteiger partial charge in [0.2, 0.25) is 0 Å². The molecule has 5 nitrogen and oxygen atoms in total. The topological polar surface area (TPSA) is 55.2 Å². The highest BCUT2D eigenvalue weighted by atomic mass is 16.2. The van der Waals surface area contributed by atoms with Gasteiger partial charge in [0.15, 0.2) is 5.69 Å². The summed E-state index contributed by atoms with van der Waals surface area (Å²) < 4.78 is 1.27. The smallest absolute Gasteiger partial charge is 0.274 e. The van der Waals surface area contributed by atoms with Gasteiger partial charge in [-0.15, -0.1) is 0 Å². The second-order valence-corrected chi connectivity index (χ2v) is 6.70. The fourth-order valence-electron chi connectivity index (χ4n) is 3.67. The lowest BCUT2D eigenvalue weighted by molar-refractivity contribution is 0.0753. The van der Waals surface area contributed by atoms with Crippen LogP contribution in [0.1, 0.15) is 49.5 Å². The highest BCUT2D eigenvalue weighted by molar-refractivity contribution is 6.04. The summed E-state index contributed by atoms with van der Waals surface area (Å²) in [6.45, 7) is 3.77. The Morgan fingerprint density at radius 1 is 1.21 bits per heavy atom. The highest BCUT2D eigenvalue weighted by Gasteiger charge is 2.24. The zero-order valence-electron chi connectivity index (χ0n) is 14.5. The Bertz CT molecular complexity index is 797. The van der Waals surface area contributed by atoms with Crippen LogP contribution in [0, 0.1) is 5.92 Å². The summed E-state index contributed by atoms with van der Waals surface area (Å²) in [6, 6.07) is 7.24. The van der Waals surface area contributed by atoms with Crippen LogP contribution >= 0.6 is 0 Å². The fourth-order valence-corrected chi connectivity index (χ4v) is 3.67. The number of carbonyl (C=O) groups is 1. The molecular formula is C19H25N3O2. The van der Waals surface area contributed by atoms with E-state index in [0.29, 0.717) is 16.5 Å². The molecule has 2 aromatic rings. The lowest BCUT2D eigenvalue weighted by atomic mass is 9.96. The van der Waals surface area contributed by atoms with Crippen molar-refractivity contribution < 1.29 is 4.79 Å². The van der Waals surface area contributed by atoms with Crippen molar-refractivity contribution in [3.05, 3.63) is 40.3 Å². The molecule has 1 aliphatic heterocycles. The Hall–Kier alpha value is -2.17. The van der Waals surface area contributed by atoms with Gasteiger partial charge in [-0.3, -0.25) is 9.59 Å². The van der Waals surface area contributed by atoms with Crippen LogP contribution < -0.4 is 5.56 Å². The summed E-state index contributed by atoms with van der Waals surface area (Å²) >= 11 is 0. The van der Waals surface area contributed by atoms with Crippen LogP contribution in [0.15, 0.2) is 29.1 Å². The number of rotatable bonds is 3. The third-order valence-corrected chi connectivity index (χ3v) is 4.99. The molecule has 0 spiro atoms. The Balaban J connectivity index is 1.92. The number of nitrogens with zero attached hydrogens (tertiary/aromatic N) is 3. The minimum Gasteiger partial charge on any atom is -0.337 e. The van der Waals surface area contributed by atoms with E-state index in [0.717, 1.165) is 31.8 Å². The summed E-state index contributed by atoms with van der Waals surface area (Å²) in [4.78, 5) is 27.2. The molecule has 0 saturated carbocycles. The number of carbonyl (C=O) groups excluding carboxylic acids is 1. The van der Waals surface area contributed by atoms with E-state index in [1.54, 1.807) is 13.1 Å². The quantitative estimate of drug-likeness (QED) is 0.871. The van der Waals surface area contributed by atoms with Gasteiger partial charge in [0, 0.05) is 25.5 Å². The third-order valence-electron chi connectivity index (χ3n) is 4.99. The molecule has 1 fully saturated rings. The molecule has 128 valence electrons. The van der Waals surface area contributed by atoms with Crippen molar-refractivity contribution in [3.63, 3.8) is 0 Å². The molecule has 0 aliphatic carbocycles. The maximum atomic E-state index is 13.0. The first-order valence-electron chi connectivity index (χ1n) is 8.87. The molecular weight excluding hydrogens is 302 g/mol. The minimum absolute atomic E-state index is 0.0565. The first-order chi connectivity index (χ1) is 11.6. The van der Waals surface area contributed by atoms with E-state index >= 15 is 0 Å². The van der Waals surface area contributed by atoms with Crippen LogP contribution in [-0.4, -0.2) is 33.7 Å². The second kappa shape index (κ2) is 7.16. The first-order valence-corrected chi connectivity index (χ1v) is 8.87. The molecule has 1 aliphatic rings. The number of benzene rings is 1. The van der Waals surface area contributed by atoms with E-state index in [9.17, 15) is 9.59 Å². The number of hydrogen-bond donors (Lipinski definition) is 0. The van der Waals surface area contributed by atoms with Crippen LogP contribution in [0.2, 0.25) is 0 Å². The van der Waals surface area contributed by atoms with Crippen LogP contribution in [0.4, 0.5) is 0 Å². The van der Waals surface area contributed by atoms with Gasteiger partial charge in [0.25, 0.3) is 11.5 Å². The largest absolute Gasteiger partial charge is 0.337 e. The summed E-state index contributed by atoms with van der Waals surface area (Å²) in [5.41, 5.74) is 0.225. The molecule has 24 heavy (non-hydrogen) atoms. The van der Waals surface area contributed by atoms with E-state index in [1.807, 2.05) is 23.1 Å². The summed E-state index contributed by atoms with van der Waals surface area (Å²) in [5, 5.41) is 5.48. The molecule has 3 rings (SSSR count). The standard InChI is InChI=1S/C19H25N3O2/c1-3-7-14-8-6-12-22(13-11-14)19(24)17-15-9-4-5-10-16(15)18(23)21(2)20-17/h4-5,9-10,14H,3,6-8,11-13H2,1-2H3/t14-/m0/s1. The molecule has 0 radical (unpaired) electrons. The van der Waals surface area contributed by atoms with Crippen LogP contribution in [-0.2, 0) is 7.05 Å². The Morgan fingerprint density at radius 2 is 1.96 bits per heavy atom. The van der Waals surface area contributed by atoms with Gasteiger partial charge in [0.05, 0.1) is 5.39 Å². The number of aromatic nitrogens is 2. The molecule has 5 heteroatoms. The van der Waals surface area contributed by atoms with E-state index in [1.165, 1.54) is 23.9 Å². The van der Waals surface area contributed by atoms with Crippen molar-refractivity contribution in [2.75, 3.05) is 13.1 Å². The molecule has 1 atom stereocenters. The predicted octanol–water partition coefficient (Wildman–Crippen LogP) is 2.98. The third kappa shape index (κ3) is 3.21. The van der Waals surface area contributed by atoms with Crippen molar-refractivity contribution >= 4 is 16.7 Å². The number of hydrogen-bond acceptors (Lipinski definition) is 3. The maximum Gasteiger partial charge on any atom is 0.274 e. The van der Waals surface area contributed by atoms with Gasteiger partial charge >= 0.3 is 0 Å². The maximum absolute atomic E-state index is 13.0. The van der Waals surface area contributed by atoms with Crippen molar-refractivity contribution in [3.8, 4) is 0 Å². The molecule has 0 N–H and O–H groups in total. The van der Waals surface area contributed by atoms with Gasteiger partial charge in [-0.2, -0.15) is 5.10 Å². The van der Waals surface area contributed by atoms with Gasteiger partial charge < -0.3 is 4.90 Å². The zero-order valence-corrected chi connectivity index (χ0v) is 14.5. The number of aryl methyl sites for hydroxylation is 1. The summed E-state index contributed by atoms with van der Waals surface area (Å²) in [5.74, 6) is 0.664. The fraction of sp³-hybridized carbons (Fsp3) is 0.526. The zero-order chi connectivity index (χ0) is 17.1. The molecule has 2 heterocycles. The SMILES string of the molecule is CCC[C@H]1CCCN(C(=O)c2nn(C)c(=O)c3ccccc23)CC1. The average molecular weight is 327 g/mol. The van der Waals surface area contributed by atoms with Crippen molar-refractivity contribution in [2.45, 2.75) is 39.0 Å². The molecule has 0 unspecified atom stereocenters. The number of likely N-dealkylation sites (tertiary alicyclic amines) is 1. The Kier molecular flexibility index (Phi) is 4.97. The van der Waals surface area contributed by atoms with E-state index in [-0.39, 0.29) is 11.5 Å². The normalized spacial score (nSPS) is 18.6. The van der Waals surface area contributed by atoms with Gasteiger partial charge in [-0.25, -0.2) is 4.68 Å². The number of fused-ring (bicyclic) bond motifs is 1. The van der Waals surface area contributed by atoms with Crippen LogP contribution in [0.5, 0.6) is 0 Å². The summed E-state index contributed by atoms with van der Waals surface area (Å²) in [6.07, 6.45) is 5.73. The van der Waals surface area contributed by atoms with Gasteiger partial charge in [-0.1, -0.05) is 38.0 Å². The van der Waals surface area contributed by atoms with Gasteiger partial charge in [0.1, 0.15) is 0 Å². The highest BCUT2D eigenvalue weighted by Crippen LogP contribution is 2.23. The van der Waals surface area contributed by atoms with Crippen molar-refractivity contribution in [1.29, 1.82) is 0 Å². The Labute approximate surface area is 142 Å². The lowest BCUT2D eigenvalue weighted by Crippen LogP contribution is -2.34. The van der Waals surface area contributed by atoms with Gasteiger partial charge in [-0.05, 0) is 31.2 Å². The minimum atomic E-state index is -0.166. The lowest BCUT2D eigenvalue weighted by Gasteiger charge is -2.21.